The predicted molar refractivity (Wildman–Crippen MR) is 102 cm³/mol. The molecule has 2 aromatic rings. The molecule has 142 valence electrons. The summed E-state index contributed by atoms with van der Waals surface area (Å²) in [5.41, 5.74) is 2.81. The van der Waals surface area contributed by atoms with E-state index in [4.69, 9.17) is 16.3 Å². The highest BCUT2D eigenvalue weighted by molar-refractivity contribution is 7.90. The number of hydrogen-bond acceptors (Lipinski definition) is 5. The zero-order valence-electron chi connectivity index (χ0n) is 15.0. The number of hydrogen-bond donors (Lipinski definition) is 0. The fraction of sp³-hybridized carbons (Fsp3) is 0.300. The van der Waals surface area contributed by atoms with Crippen molar-refractivity contribution in [3.8, 4) is 0 Å². The standard InChI is InChI=1S/C20H19ClO5S/c1-12(19(22)15-7-6-13-4-3-5-14(13)10-15)26-20(23)17-11-16(27(2,24)25)8-9-18(17)21/h6-12H,3-5H2,1-2H3/t12-/m0/s1. The Hall–Kier alpha value is -2.18. The highest BCUT2D eigenvalue weighted by atomic mass is 35.5. The van der Waals surface area contributed by atoms with Gasteiger partial charge < -0.3 is 4.74 Å². The summed E-state index contributed by atoms with van der Waals surface area (Å²) in [5.74, 6) is -1.15. The van der Waals surface area contributed by atoms with Gasteiger partial charge in [0, 0.05) is 11.8 Å². The van der Waals surface area contributed by atoms with E-state index >= 15 is 0 Å². The average molecular weight is 407 g/mol. The van der Waals surface area contributed by atoms with Gasteiger partial charge in [0.1, 0.15) is 0 Å². The molecular weight excluding hydrogens is 388 g/mol. The van der Waals surface area contributed by atoms with Crippen molar-refractivity contribution in [2.24, 2.45) is 0 Å². The first kappa shape index (κ1) is 19.6. The van der Waals surface area contributed by atoms with Gasteiger partial charge in [0.05, 0.1) is 15.5 Å². The van der Waals surface area contributed by atoms with Gasteiger partial charge in [0.15, 0.2) is 15.9 Å². The fourth-order valence-electron chi connectivity index (χ4n) is 3.13. The van der Waals surface area contributed by atoms with Gasteiger partial charge in [-0.1, -0.05) is 23.7 Å². The van der Waals surface area contributed by atoms with Crippen molar-refractivity contribution in [2.45, 2.75) is 37.2 Å². The van der Waals surface area contributed by atoms with Crippen LogP contribution < -0.4 is 0 Å². The van der Waals surface area contributed by atoms with Gasteiger partial charge in [-0.05, 0) is 61.6 Å². The van der Waals surface area contributed by atoms with Crippen LogP contribution in [0.2, 0.25) is 5.02 Å². The van der Waals surface area contributed by atoms with Crippen molar-refractivity contribution in [1.82, 2.24) is 0 Å². The Morgan fingerprint density at radius 3 is 2.48 bits per heavy atom. The van der Waals surface area contributed by atoms with Gasteiger partial charge in [-0.15, -0.1) is 0 Å². The minimum absolute atomic E-state index is 0.0450. The maximum absolute atomic E-state index is 12.6. The van der Waals surface area contributed by atoms with Crippen LogP contribution in [0.15, 0.2) is 41.3 Å². The molecule has 0 aromatic heterocycles. The van der Waals surface area contributed by atoms with Crippen LogP contribution in [0.1, 0.15) is 45.2 Å². The fourth-order valence-corrected chi connectivity index (χ4v) is 3.97. The molecule has 0 spiro atoms. The number of benzene rings is 2. The Balaban J connectivity index is 1.78. The summed E-state index contributed by atoms with van der Waals surface area (Å²) < 4.78 is 28.6. The number of ketones is 1. The van der Waals surface area contributed by atoms with Gasteiger partial charge in [0.25, 0.3) is 0 Å². The molecule has 0 fully saturated rings. The van der Waals surface area contributed by atoms with Gasteiger partial charge in [-0.25, -0.2) is 13.2 Å². The summed E-state index contributed by atoms with van der Waals surface area (Å²) in [6.07, 6.45) is 3.05. The van der Waals surface area contributed by atoms with Crippen LogP contribution in [-0.2, 0) is 27.4 Å². The molecule has 1 aliphatic rings. The van der Waals surface area contributed by atoms with Crippen LogP contribution >= 0.6 is 11.6 Å². The highest BCUT2D eigenvalue weighted by Gasteiger charge is 2.24. The van der Waals surface area contributed by atoms with E-state index in [1.807, 2.05) is 12.1 Å². The molecule has 27 heavy (non-hydrogen) atoms. The number of fused-ring (bicyclic) bond motifs is 1. The van der Waals surface area contributed by atoms with Gasteiger partial charge in [-0.2, -0.15) is 0 Å². The number of esters is 1. The van der Waals surface area contributed by atoms with E-state index in [0.29, 0.717) is 5.56 Å². The Labute approximate surface area is 163 Å². The van der Waals surface area contributed by atoms with Crippen LogP contribution in [0.5, 0.6) is 0 Å². The highest BCUT2D eigenvalue weighted by Crippen LogP contribution is 2.25. The van der Waals surface area contributed by atoms with Gasteiger partial charge >= 0.3 is 5.97 Å². The van der Waals surface area contributed by atoms with Crippen LogP contribution in [0.3, 0.4) is 0 Å². The van der Waals surface area contributed by atoms with Crippen LogP contribution in [0.4, 0.5) is 0 Å². The summed E-state index contributed by atoms with van der Waals surface area (Å²) >= 11 is 6.00. The van der Waals surface area contributed by atoms with Crippen molar-refractivity contribution >= 4 is 33.2 Å². The molecule has 0 radical (unpaired) electrons. The summed E-state index contributed by atoms with van der Waals surface area (Å²) in [5, 5.41) is 0.0598. The molecule has 0 heterocycles. The number of ether oxygens (including phenoxy) is 1. The summed E-state index contributed by atoms with van der Waals surface area (Å²) in [6, 6.07) is 9.33. The molecular formula is C20H19ClO5S. The van der Waals surface area contributed by atoms with Crippen LogP contribution in [0.25, 0.3) is 0 Å². The van der Waals surface area contributed by atoms with Crippen LogP contribution in [-0.4, -0.2) is 32.5 Å². The number of carbonyl (C=O) groups is 2. The molecule has 2 aromatic carbocycles. The quantitative estimate of drug-likeness (QED) is 0.559. The number of sulfone groups is 1. The number of aryl methyl sites for hydroxylation is 2. The van der Waals surface area contributed by atoms with Crippen LogP contribution in [0, 0.1) is 0 Å². The first-order valence-corrected chi connectivity index (χ1v) is 10.8. The maximum Gasteiger partial charge on any atom is 0.340 e. The van der Waals surface area contributed by atoms with E-state index in [0.717, 1.165) is 37.1 Å². The minimum Gasteiger partial charge on any atom is -0.451 e. The van der Waals surface area contributed by atoms with E-state index in [1.54, 1.807) is 6.07 Å². The first-order valence-electron chi connectivity index (χ1n) is 8.53. The molecule has 0 N–H and O–H groups in total. The van der Waals surface area contributed by atoms with Crippen molar-refractivity contribution in [3.05, 3.63) is 63.7 Å². The Morgan fingerprint density at radius 2 is 1.78 bits per heavy atom. The molecule has 0 amide bonds. The maximum atomic E-state index is 12.6. The Morgan fingerprint density at radius 1 is 1.07 bits per heavy atom. The summed E-state index contributed by atoms with van der Waals surface area (Å²) in [6.45, 7) is 1.49. The lowest BCUT2D eigenvalue weighted by Gasteiger charge is -2.14. The topological polar surface area (TPSA) is 77.5 Å². The third-order valence-electron chi connectivity index (χ3n) is 4.62. The molecule has 1 atom stereocenters. The summed E-state index contributed by atoms with van der Waals surface area (Å²) in [4.78, 5) is 25.0. The molecule has 0 aliphatic heterocycles. The normalized spacial score (nSPS) is 14.5. The van der Waals surface area contributed by atoms with E-state index in [1.165, 1.54) is 24.6 Å². The smallest absolute Gasteiger partial charge is 0.340 e. The zero-order valence-corrected chi connectivity index (χ0v) is 16.6. The molecule has 0 saturated heterocycles. The van der Waals surface area contributed by atoms with E-state index in [9.17, 15) is 18.0 Å². The monoisotopic (exact) mass is 406 g/mol. The second kappa shape index (κ2) is 7.44. The summed E-state index contributed by atoms with van der Waals surface area (Å²) in [7, 11) is -3.50. The molecule has 0 unspecified atom stereocenters. The number of halogens is 1. The zero-order chi connectivity index (χ0) is 19.8. The van der Waals surface area contributed by atoms with Crippen molar-refractivity contribution in [1.29, 1.82) is 0 Å². The molecule has 1 aliphatic carbocycles. The second-order valence-corrected chi connectivity index (χ2v) is 9.09. The lowest BCUT2D eigenvalue weighted by Crippen LogP contribution is -2.25. The lowest BCUT2D eigenvalue weighted by atomic mass is 10.0. The molecule has 7 heteroatoms. The largest absolute Gasteiger partial charge is 0.451 e. The first-order chi connectivity index (χ1) is 12.7. The van der Waals surface area contributed by atoms with Crippen molar-refractivity contribution < 1.29 is 22.7 Å². The van der Waals surface area contributed by atoms with Gasteiger partial charge in [0.2, 0.25) is 5.78 Å². The van der Waals surface area contributed by atoms with E-state index in [-0.39, 0.29) is 21.3 Å². The average Bonchev–Trinajstić information content (AvgIpc) is 3.07. The molecule has 5 nitrogen and oxygen atoms in total. The number of rotatable bonds is 5. The Bertz CT molecular complexity index is 1030. The van der Waals surface area contributed by atoms with Crippen molar-refractivity contribution in [3.63, 3.8) is 0 Å². The molecule has 0 saturated carbocycles. The minimum atomic E-state index is -3.50. The van der Waals surface area contributed by atoms with E-state index in [2.05, 4.69) is 0 Å². The van der Waals surface area contributed by atoms with E-state index < -0.39 is 21.9 Å². The molecule has 3 rings (SSSR count). The predicted octanol–water partition coefficient (Wildman–Crippen LogP) is 3.66. The third kappa shape index (κ3) is 4.22. The second-order valence-electron chi connectivity index (χ2n) is 6.66. The number of carbonyl (C=O) groups excluding carboxylic acids is 2. The Kier molecular flexibility index (Phi) is 5.40. The SMILES string of the molecule is C[C@H](OC(=O)c1cc(S(C)(=O)=O)ccc1Cl)C(=O)c1ccc2c(c1)CCC2. The van der Waals surface area contributed by atoms with Crippen molar-refractivity contribution in [2.75, 3.05) is 6.26 Å². The lowest BCUT2D eigenvalue weighted by molar-refractivity contribution is 0.0318. The molecule has 0 bridgehead atoms. The third-order valence-corrected chi connectivity index (χ3v) is 6.06. The number of Topliss-reactive ketones (excluding diaryl/α,β-unsaturated/α-hetero) is 1. The van der Waals surface area contributed by atoms with Gasteiger partial charge in [-0.3, -0.25) is 4.79 Å².